The van der Waals surface area contributed by atoms with Crippen LogP contribution in [0.15, 0.2) is 0 Å². The van der Waals surface area contributed by atoms with Crippen molar-refractivity contribution >= 4 is 23.8 Å². The number of nitrogens with zero attached hydrogens (tertiary/aromatic N) is 2. The average Bonchev–Trinajstić information content (AvgIpc) is 2.87. The molecule has 0 aromatic carbocycles. The van der Waals surface area contributed by atoms with E-state index < -0.39 is 5.97 Å². The molecule has 2 fully saturated rings. The van der Waals surface area contributed by atoms with Crippen molar-refractivity contribution < 1.29 is 14.7 Å². The number of likely N-dealkylation sites (tertiary alicyclic amines) is 1. The van der Waals surface area contributed by atoms with E-state index in [4.69, 9.17) is 5.11 Å². The number of aliphatic carboxylic acids is 1. The Kier molecular flexibility index (Phi) is 5.18. The topological polar surface area (TPSA) is 60.9 Å². The number of carbonyl (C=O) groups is 2. The second-order valence-electron chi connectivity index (χ2n) is 5.83. The van der Waals surface area contributed by atoms with Crippen LogP contribution >= 0.6 is 11.8 Å². The predicted octanol–water partition coefficient (Wildman–Crippen LogP) is 2.12. The van der Waals surface area contributed by atoms with Gasteiger partial charge in [0, 0.05) is 43.1 Å². The van der Waals surface area contributed by atoms with Crippen molar-refractivity contribution in [1.82, 2.24) is 9.80 Å². The van der Waals surface area contributed by atoms with Gasteiger partial charge in [-0.25, -0.2) is 4.79 Å². The van der Waals surface area contributed by atoms with E-state index in [9.17, 15) is 9.59 Å². The Bertz CT molecular complexity index is 377. The number of urea groups is 1. The highest BCUT2D eigenvalue weighted by Crippen LogP contribution is 2.27. The van der Waals surface area contributed by atoms with E-state index in [2.05, 4.69) is 13.8 Å². The molecule has 1 N–H and O–H groups in total. The lowest BCUT2D eigenvalue weighted by Crippen LogP contribution is -2.52. The van der Waals surface area contributed by atoms with Gasteiger partial charge in [-0.05, 0) is 25.7 Å². The quantitative estimate of drug-likeness (QED) is 0.867. The van der Waals surface area contributed by atoms with Gasteiger partial charge >= 0.3 is 12.0 Å². The third-order valence-corrected chi connectivity index (χ3v) is 5.79. The number of carboxylic acids is 1. The summed E-state index contributed by atoms with van der Waals surface area (Å²) in [6.45, 7) is 6.61. The van der Waals surface area contributed by atoms with Crippen molar-refractivity contribution in [3.63, 3.8) is 0 Å². The van der Waals surface area contributed by atoms with Crippen LogP contribution in [0.1, 0.15) is 33.1 Å². The van der Waals surface area contributed by atoms with E-state index in [0.29, 0.717) is 17.6 Å². The summed E-state index contributed by atoms with van der Waals surface area (Å²) < 4.78 is 0. The van der Waals surface area contributed by atoms with Crippen LogP contribution < -0.4 is 0 Å². The van der Waals surface area contributed by atoms with Crippen LogP contribution in [-0.4, -0.2) is 63.6 Å². The van der Waals surface area contributed by atoms with Crippen LogP contribution in [-0.2, 0) is 4.79 Å². The molecular formula is C14H24N2O3S. The molecule has 2 amide bonds. The normalized spacial score (nSPS) is 30.6. The Morgan fingerprint density at radius 3 is 2.75 bits per heavy atom. The zero-order valence-electron chi connectivity index (χ0n) is 12.2. The molecule has 0 aromatic heterocycles. The van der Waals surface area contributed by atoms with E-state index in [1.165, 1.54) is 0 Å². The van der Waals surface area contributed by atoms with Gasteiger partial charge in [-0.2, -0.15) is 11.8 Å². The standard InChI is InChI=1S/C14H24N2O3S/c1-10-11(2)20-8-7-16(10)14(19)15-6-5-12(9-15)3-4-13(17)18/h10-12H,3-9H2,1-2H3,(H,17,18). The maximum absolute atomic E-state index is 12.6. The number of thioether (sulfide) groups is 1. The van der Waals surface area contributed by atoms with Gasteiger partial charge in [0.05, 0.1) is 0 Å². The first kappa shape index (κ1) is 15.5. The van der Waals surface area contributed by atoms with E-state index >= 15 is 0 Å². The Balaban J connectivity index is 1.86. The predicted molar refractivity (Wildman–Crippen MR) is 80.0 cm³/mol. The lowest BCUT2D eigenvalue weighted by molar-refractivity contribution is -0.137. The van der Waals surface area contributed by atoms with Crippen LogP contribution in [0, 0.1) is 5.92 Å². The molecule has 20 heavy (non-hydrogen) atoms. The summed E-state index contributed by atoms with van der Waals surface area (Å²) in [5.74, 6) is 0.611. The number of carboxylic acid groups (broad SMARTS) is 1. The Morgan fingerprint density at radius 2 is 2.05 bits per heavy atom. The summed E-state index contributed by atoms with van der Waals surface area (Å²) in [5, 5.41) is 9.21. The maximum Gasteiger partial charge on any atom is 0.320 e. The third-order valence-electron chi connectivity index (χ3n) is 4.45. The molecule has 0 aromatic rings. The Hall–Kier alpha value is -0.910. The van der Waals surface area contributed by atoms with Crippen molar-refractivity contribution in [2.24, 2.45) is 5.92 Å². The molecule has 0 radical (unpaired) electrons. The van der Waals surface area contributed by atoms with Gasteiger partial charge in [0.15, 0.2) is 0 Å². The van der Waals surface area contributed by atoms with Gasteiger partial charge in [-0.3, -0.25) is 4.79 Å². The molecule has 0 spiro atoms. The summed E-state index contributed by atoms with van der Waals surface area (Å²) in [5.41, 5.74) is 0. The lowest BCUT2D eigenvalue weighted by Gasteiger charge is -2.39. The van der Waals surface area contributed by atoms with Crippen molar-refractivity contribution in [3.05, 3.63) is 0 Å². The van der Waals surface area contributed by atoms with Crippen molar-refractivity contribution in [1.29, 1.82) is 0 Å². The Morgan fingerprint density at radius 1 is 1.30 bits per heavy atom. The minimum Gasteiger partial charge on any atom is -0.481 e. The average molecular weight is 300 g/mol. The fraction of sp³-hybridized carbons (Fsp3) is 0.857. The first-order valence-electron chi connectivity index (χ1n) is 7.38. The number of rotatable bonds is 3. The van der Waals surface area contributed by atoms with Gasteiger partial charge in [0.25, 0.3) is 0 Å². The van der Waals surface area contributed by atoms with Crippen LogP contribution in [0.4, 0.5) is 4.79 Å². The SMILES string of the molecule is CC1SCCN(C(=O)N2CCC(CCC(=O)O)C2)C1C. The van der Waals surface area contributed by atoms with Crippen molar-refractivity contribution in [3.8, 4) is 0 Å². The highest BCUT2D eigenvalue weighted by Gasteiger charge is 2.34. The summed E-state index contributed by atoms with van der Waals surface area (Å²) >= 11 is 1.92. The molecule has 5 nitrogen and oxygen atoms in total. The molecule has 114 valence electrons. The molecule has 2 saturated heterocycles. The minimum absolute atomic E-state index is 0.141. The zero-order chi connectivity index (χ0) is 14.7. The van der Waals surface area contributed by atoms with E-state index in [0.717, 1.165) is 31.8 Å². The van der Waals surface area contributed by atoms with Crippen LogP contribution in [0.25, 0.3) is 0 Å². The van der Waals surface area contributed by atoms with Crippen LogP contribution in [0.5, 0.6) is 0 Å². The first-order valence-corrected chi connectivity index (χ1v) is 8.43. The maximum atomic E-state index is 12.6. The van der Waals surface area contributed by atoms with Gasteiger partial charge in [0.2, 0.25) is 0 Å². The van der Waals surface area contributed by atoms with Crippen LogP contribution in [0.2, 0.25) is 0 Å². The monoisotopic (exact) mass is 300 g/mol. The number of amides is 2. The zero-order valence-corrected chi connectivity index (χ0v) is 13.1. The fourth-order valence-electron chi connectivity index (χ4n) is 2.95. The Labute approximate surface area is 124 Å². The lowest BCUT2D eigenvalue weighted by atomic mass is 10.0. The van der Waals surface area contributed by atoms with Crippen LogP contribution in [0.3, 0.4) is 0 Å². The molecule has 2 aliphatic heterocycles. The summed E-state index contributed by atoms with van der Waals surface area (Å²) in [6, 6.07) is 0.418. The van der Waals surface area contributed by atoms with Gasteiger partial charge in [-0.1, -0.05) is 6.92 Å². The van der Waals surface area contributed by atoms with Gasteiger partial charge < -0.3 is 14.9 Å². The molecule has 2 heterocycles. The molecule has 3 unspecified atom stereocenters. The largest absolute Gasteiger partial charge is 0.481 e. The van der Waals surface area contributed by atoms with E-state index in [-0.39, 0.29) is 18.5 Å². The first-order chi connectivity index (χ1) is 9.49. The second kappa shape index (κ2) is 6.70. The van der Waals surface area contributed by atoms with Gasteiger partial charge in [0.1, 0.15) is 0 Å². The molecule has 0 saturated carbocycles. The number of hydrogen-bond acceptors (Lipinski definition) is 3. The molecular weight excluding hydrogens is 276 g/mol. The summed E-state index contributed by atoms with van der Waals surface area (Å²) in [6.07, 6.45) is 1.83. The third kappa shape index (κ3) is 3.59. The molecule has 0 bridgehead atoms. The number of hydrogen-bond donors (Lipinski definition) is 1. The minimum atomic E-state index is -0.745. The highest BCUT2D eigenvalue weighted by molar-refractivity contribution is 8.00. The molecule has 3 atom stereocenters. The van der Waals surface area contributed by atoms with Crippen molar-refractivity contribution in [2.45, 2.75) is 44.4 Å². The van der Waals surface area contributed by atoms with Crippen molar-refractivity contribution in [2.75, 3.05) is 25.4 Å². The number of carbonyl (C=O) groups excluding carboxylic acids is 1. The van der Waals surface area contributed by atoms with Gasteiger partial charge in [-0.15, -0.1) is 0 Å². The molecule has 6 heteroatoms. The smallest absolute Gasteiger partial charge is 0.320 e. The van der Waals surface area contributed by atoms with E-state index in [1.54, 1.807) is 0 Å². The summed E-state index contributed by atoms with van der Waals surface area (Å²) in [7, 11) is 0. The second-order valence-corrected chi connectivity index (χ2v) is 7.31. The highest BCUT2D eigenvalue weighted by atomic mass is 32.2. The molecule has 2 rings (SSSR count). The summed E-state index contributed by atoms with van der Waals surface area (Å²) in [4.78, 5) is 27.1. The van der Waals surface area contributed by atoms with E-state index in [1.807, 2.05) is 21.6 Å². The molecule has 2 aliphatic rings. The molecule has 0 aliphatic carbocycles. The fourth-order valence-corrected chi connectivity index (χ4v) is 4.05.